The van der Waals surface area contributed by atoms with E-state index in [4.69, 9.17) is 14.4 Å². The molecule has 0 unspecified atom stereocenters. The molecule has 0 saturated heterocycles. The van der Waals surface area contributed by atoms with E-state index in [1.807, 2.05) is 0 Å². The van der Waals surface area contributed by atoms with Gasteiger partial charge in [-0.2, -0.15) is 0 Å². The van der Waals surface area contributed by atoms with Gasteiger partial charge >= 0.3 is 8.25 Å². The molecule has 0 aliphatic carbocycles. The van der Waals surface area contributed by atoms with Crippen molar-refractivity contribution in [3.05, 3.63) is 0 Å². The second kappa shape index (κ2) is 23.4. The molecule has 0 aromatic rings. The van der Waals surface area contributed by atoms with Gasteiger partial charge in [0, 0.05) is 0 Å². The molecule has 0 radical (unpaired) electrons. The fraction of sp³-hybridized carbons (Fsp3) is 1.00. The second-order valence-electron chi connectivity index (χ2n) is 6.23. The number of rotatable bonds is 15. The number of hydrogen-bond donors (Lipinski definition) is 2. The maximum absolute atomic E-state index is 8.74. The lowest BCUT2D eigenvalue weighted by Gasteiger charge is -2.03. The molecule has 0 atom stereocenters. The van der Waals surface area contributed by atoms with Crippen LogP contribution in [0.25, 0.3) is 0 Å². The molecule has 0 rings (SSSR count). The minimum atomic E-state index is -3.13. The lowest BCUT2D eigenvalue weighted by molar-refractivity contribution is 0.405. The fourth-order valence-corrected chi connectivity index (χ4v) is 2.62. The van der Waals surface area contributed by atoms with Crippen LogP contribution in [0.1, 0.15) is 117 Å². The molecule has 0 aromatic heterocycles. The molecule has 0 fully saturated rings. The number of hydrogen-bond acceptors (Lipinski definition) is 1. The van der Waals surface area contributed by atoms with Crippen molar-refractivity contribution in [1.29, 1.82) is 0 Å². The van der Waals surface area contributed by atoms with Crippen LogP contribution < -0.4 is 0 Å². The topological polar surface area (TPSA) is 57.5 Å². The summed E-state index contributed by atoms with van der Waals surface area (Å²) >= 11 is 0. The van der Waals surface area contributed by atoms with Crippen LogP contribution in [0.4, 0.5) is 0 Å². The lowest BCUT2D eigenvalue weighted by atomic mass is 10.0. The zero-order chi connectivity index (χ0) is 16.9. The van der Waals surface area contributed by atoms with E-state index in [2.05, 4.69) is 13.8 Å². The summed E-state index contributed by atoms with van der Waals surface area (Å²) in [4.78, 5) is 14.3. The van der Waals surface area contributed by atoms with Gasteiger partial charge in [-0.05, 0) is 0 Å². The average molecular weight is 336 g/mol. The van der Waals surface area contributed by atoms with Gasteiger partial charge in [-0.25, -0.2) is 0 Å². The molecule has 0 aromatic carbocycles. The van der Waals surface area contributed by atoms with E-state index in [0.29, 0.717) is 0 Å². The summed E-state index contributed by atoms with van der Waals surface area (Å²) in [5, 5.41) is 0. The molecular weight excluding hydrogens is 295 g/mol. The monoisotopic (exact) mass is 336 g/mol. The Hall–Kier alpha value is 0.150. The zero-order valence-electron chi connectivity index (χ0n) is 15.1. The maximum Gasteiger partial charge on any atom is 0.314 e. The minimum Gasteiger partial charge on any atom is -0.326 e. The molecule has 2 N–H and O–H groups in total. The summed E-state index contributed by atoms with van der Waals surface area (Å²) in [7, 11) is -3.13. The van der Waals surface area contributed by atoms with Crippen molar-refractivity contribution in [1.82, 2.24) is 0 Å². The average Bonchev–Trinajstić information content (AvgIpc) is 2.47. The van der Waals surface area contributed by atoms with Crippen LogP contribution in [0.3, 0.4) is 0 Å². The van der Waals surface area contributed by atoms with E-state index in [-0.39, 0.29) is 0 Å². The van der Waals surface area contributed by atoms with Crippen molar-refractivity contribution >= 4 is 8.25 Å². The summed E-state index contributed by atoms with van der Waals surface area (Å²) in [6, 6.07) is 0. The van der Waals surface area contributed by atoms with Crippen molar-refractivity contribution < 1.29 is 14.4 Å². The maximum atomic E-state index is 8.74. The molecule has 0 aliphatic rings. The summed E-state index contributed by atoms with van der Waals surface area (Å²) in [5.74, 6) is 0. The lowest BCUT2D eigenvalue weighted by Crippen LogP contribution is -1.83. The Bertz CT molecular complexity index is 191. The minimum absolute atomic E-state index is 1.37. The first-order valence-corrected chi connectivity index (χ1v) is 10.9. The van der Waals surface area contributed by atoms with Gasteiger partial charge in [-0.15, -0.1) is 0 Å². The first-order valence-electron chi connectivity index (χ1n) is 9.57. The van der Waals surface area contributed by atoms with Crippen LogP contribution in [0, 0.1) is 0 Å². The molecular formula is C18H41O3P. The van der Waals surface area contributed by atoms with Gasteiger partial charge in [0.1, 0.15) is 0 Å². The summed E-state index contributed by atoms with van der Waals surface area (Å²) in [5.41, 5.74) is 0. The van der Waals surface area contributed by atoms with Crippen LogP contribution in [-0.4, -0.2) is 9.79 Å². The molecule has 0 heterocycles. The molecule has 0 amide bonds. The normalized spacial score (nSPS) is 10.6. The molecule has 3 nitrogen and oxygen atoms in total. The van der Waals surface area contributed by atoms with Crippen molar-refractivity contribution in [2.45, 2.75) is 117 Å². The Labute approximate surface area is 139 Å². The molecule has 0 spiro atoms. The third-order valence-electron chi connectivity index (χ3n) is 3.96. The Morgan fingerprint density at radius 3 is 0.773 bits per heavy atom. The van der Waals surface area contributed by atoms with Crippen LogP contribution in [-0.2, 0) is 4.57 Å². The second-order valence-corrected chi connectivity index (χ2v) is 6.80. The molecule has 0 aliphatic heterocycles. The van der Waals surface area contributed by atoms with Crippen molar-refractivity contribution in [2.75, 3.05) is 0 Å². The van der Waals surface area contributed by atoms with Crippen LogP contribution in [0.15, 0.2) is 0 Å². The Balaban J connectivity index is 0. The number of unbranched alkanes of at least 4 members (excludes halogenated alkanes) is 15. The molecule has 4 heteroatoms. The van der Waals surface area contributed by atoms with Gasteiger partial charge in [0.25, 0.3) is 0 Å². The quantitative estimate of drug-likeness (QED) is 0.261. The van der Waals surface area contributed by atoms with E-state index >= 15 is 0 Å². The highest BCUT2D eigenvalue weighted by atomic mass is 31.1. The largest absolute Gasteiger partial charge is 0.326 e. The Morgan fingerprint density at radius 1 is 0.500 bits per heavy atom. The van der Waals surface area contributed by atoms with Crippen LogP contribution in [0.2, 0.25) is 0 Å². The molecule has 136 valence electrons. The van der Waals surface area contributed by atoms with Gasteiger partial charge in [-0.3, -0.25) is 4.57 Å². The first-order chi connectivity index (χ1) is 10.6. The van der Waals surface area contributed by atoms with Crippen LogP contribution in [0.5, 0.6) is 0 Å². The van der Waals surface area contributed by atoms with Crippen molar-refractivity contribution in [3.8, 4) is 0 Å². The molecule has 22 heavy (non-hydrogen) atoms. The third-order valence-corrected chi connectivity index (χ3v) is 3.96. The standard InChI is InChI=1S/C18H38.H3O3P/c1-3-5-7-9-11-13-15-17-18-16-14-12-10-8-6-4-2;1-4(2)3/h3-18H2,1-2H3;4H,(H2,1,2,3). The van der Waals surface area contributed by atoms with Gasteiger partial charge in [-0.1, -0.05) is 117 Å². The van der Waals surface area contributed by atoms with Crippen molar-refractivity contribution in [3.63, 3.8) is 0 Å². The highest BCUT2D eigenvalue weighted by Crippen LogP contribution is 2.13. The van der Waals surface area contributed by atoms with E-state index in [9.17, 15) is 0 Å². The predicted octanol–water partition coefficient (Wildman–Crippen LogP) is 6.63. The van der Waals surface area contributed by atoms with Crippen molar-refractivity contribution in [2.24, 2.45) is 0 Å². The summed E-state index contributed by atoms with van der Waals surface area (Å²) < 4.78 is 8.74. The van der Waals surface area contributed by atoms with Gasteiger partial charge in [0.15, 0.2) is 0 Å². The highest BCUT2D eigenvalue weighted by Gasteiger charge is 1.93. The van der Waals surface area contributed by atoms with Crippen LogP contribution >= 0.6 is 8.25 Å². The van der Waals surface area contributed by atoms with E-state index < -0.39 is 8.25 Å². The van der Waals surface area contributed by atoms with Gasteiger partial charge < -0.3 is 9.79 Å². The SMILES string of the molecule is CCCCCCCCCCCCCCCCCC.O=[PH](O)O. The van der Waals surface area contributed by atoms with Gasteiger partial charge in [0.2, 0.25) is 0 Å². The summed E-state index contributed by atoms with van der Waals surface area (Å²) in [6.07, 6.45) is 23.4. The van der Waals surface area contributed by atoms with E-state index in [0.717, 1.165) is 0 Å². The van der Waals surface area contributed by atoms with E-state index in [1.165, 1.54) is 103 Å². The van der Waals surface area contributed by atoms with Gasteiger partial charge in [0.05, 0.1) is 0 Å². The predicted molar refractivity (Wildman–Crippen MR) is 98.7 cm³/mol. The smallest absolute Gasteiger partial charge is 0.314 e. The fourth-order valence-electron chi connectivity index (χ4n) is 2.62. The third kappa shape index (κ3) is 32.2. The molecule has 0 bridgehead atoms. The Morgan fingerprint density at radius 2 is 0.636 bits per heavy atom. The highest BCUT2D eigenvalue weighted by molar-refractivity contribution is 7.30. The Kier molecular flexibility index (Phi) is 26.0. The zero-order valence-corrected chi connectivity index (χ0v) is 16.1. The molecule has 0 saturated carbocycles. The van der Waals surface area contributed by atoms with E-state index in [1.54, 1.807) is 0 Å². The first kappa shape index (κ1) is 24.4. The summed E-state index contributed by atoms with van der Waals surface area (Å²) in [6.45, 7) is 4.59.